The summed E-state index contributed by atoms with van der Waals surface area (Å²) in [7, 11) is 0. The molecule has 1 unspecified atom stereocenters. The number of nitrogens with zero attached hydrogens (tertiary/aromatic N) is 2. The maximum atomic E-state index is 9.33. The summed E-state index contributed by atoms with van der Waals surface area (Å²) in [4.78, 5) is 4.65. The van der Waals surface area contributed by atoms with Gasteiger partial charge in [-0.15, -0.1) is 0 Å². The van der Waals surface area contributed by atoms with Gasteiger partial charge >= 0.3 is 0 Å². The van der Waals surface area contributed by atoms with Crippen molar-refractivity contribution in [1.82, 2.24) is 4.98 Å². The van der Waals surface area contributed by atoms with Gasteiger partial charge in [-0.25, -0.2) is 4.98 Å². The second kappa shape index (κ2) is 5.75. The third-order valence-electron chi connectivity index (χ3n) is 3.87. The molecule has 0 bridgehead atoms. The summed E-state index contributed by atoms with van der Waals surface area (Å²) >= 11 is 6.03. The highest BCUT2D eigenvalue weighted by molar-refractivity contribution is 6.30. The van der Waals surface area contributed by atoms with E-state index in [-0.39, 0.29) is 6.04 Å². The third-order valence-corrected chi connectivity index (χ3v) is 4.11. The van der Waals surface area contributed by atoms with Crippen molar-refractivity contribution in [3.63, 3.8) is 0 Å². The summed E-state index contributed by atoms with van der Waals surface area (Å²) in [5, 5.41) is 13.4. The van der Waals surface area contributed by atoms with Gasteiger partial charge in [0.1, 0.15) is 11.9 Å². The van der Waals surface area contributed by atoms with Crippen LogP contribution in [0.5, 0.6) is 0 Å². The number of nitriles is 1. The highest BCUT2D eigenvalue weighted by atomic mass is 35.5. The Bertz CT molecular complexity index is 718. The van der Waals surface area contributed by atoms with E-state index in [1.54, 1.807) is 0 Å². The van der Waals surface area contributed by atoms with Crippen LogP contribution in [0.3, 0.4) is 0 Å². The number of aryl methyl sites for hydroxylation is 2. The molecule has 0 radical (unpaired) electrons. The molecule has 1 aliphatic rings. The van der Waals surface area contributed by atoms with Crippen molar-refractivity contribution in [3.8, 4) is 6.07 Å². The smallest absolute Gasteiger partial charge is 0.144 e. The quantitative estimate of drug-likeness (QED) is 0.920. The lowest BCUT2D eigenvalue weighted by Gasteiger charge is -2.17. The largest absolute Gasteiger partial charge is 0.362 e. The van der Waals surface area contributed by atoms with Gasteiger partial charge in [-0.05, 0) is 55.5 Å². The fourth-order valence-corrected chi connectivity index (χ4v) is 2.93. The molecule has 0 spiro atoms. The van der Waals surface area contributed by atoms with E-state index in [1.807, 2.05) is 37.3 Å². The number of rotatable bonds is 3. The van der Waals surface area contributed by atoms with Crippen LogP contribution in [0.2, 0.25) is 5.02 Å². The molecule has 106 valence electrons. The van der Waals surface area contributed by atoms with Crippen molar-refractivity contribution in [2.75, 3.05) is 5.32 Å². The molecule has 1 aliphatic carbocycles. The number of hydrogen-bond acceptors (Lipinski definition) is 3. The van der Waals surface area contributed by atoms with Crippen LogP contribution in [0.1, 0.15) is 41.8 Å². The molecule has 3 rings (SSSR count). The average Bonchev–Trinajstić information content (AvgIpc) is 2.93. The van der Waals surface area contributed by atoms with E-state index in [1.165, 1.54) is 5.56 Å². The van der Waals surface area contributed by atoms with Crippen LogP contribution in [0.4, 0.5) is 5.82 Å². The number of nitrogens with one attached hydrogen (secondary N) is 1. The number of anilines is 1. The number of fused-ring (bicyclic) bond motifs is 1. The van der Waals surface area contributed by atoms with Crippen molar-refractivity contribution in [2.45, 2.75) is 32.2 Å². The van der Waals surface area contributed by atoms with Gasteiger partial charge in [-0.2, -0.15) is 5.26 Å². The zero-order chi connectivity index (χ0) is 14.8. The van der Waals surface area contributed by atoms with Gasteiger partial charge in [0, 0.05) is 10.7 Å². The summed E-state index contributed by atoms with van der Waals surface area (Å²) in [6.45, 7) is 2.04. The summed E-state index contributed by atoms with van der Waals surface area (Å²) in [5.41, 5.74) is 4.03. The molecule has 0 amide bonds. The van der Waals surface area contributed by atoms with Gasteiger partial charge in [0.05, 0.1) is 11.6 Å². The summed E-state index contributed by atoms with van der Waals surface area (Å²) in [6, 6.07) is 12.0. The molecule has 1 N–H and O–H groups in total. The maximum absolute atomic E-state index is 9.33. The summed E-state index contributed by atoms with van der Waals surface area (Å²) in [5.74, 6) is 0.672. The Balaban J connectivity index is 1.89. The van der Waals surface area contributed by atoms with Gasteiger partial charge < -0.3 is 5.32 Å². The molecular weight excluding hydrogens is 282 g/mol. The Morgan fingerprint density at radius 2 is 2.19 bits per heavy atom. The lowest BCUT2D eigenvalue weighted by Crippen LogP contribution is -2.10. The van der Waals surface area contributed by atoms with Crippen LogP contribution in [0.15, 0.2) is 30.3 Å². The molecule has 4 heteroatoms. The van der Waals surface area contributed by atoms with Crippen molar-refractivity contribution in [2.24, 2.45) is 0 Å². The van der Waals surface area contributed by atoms with E-state index in [2.05, 4.69) is 16.4 Å². The van der Waals surface area contributed by atoms with Gasteiger partial charge in [0.15, 0.2) is 0 Å². The van der Waals surface area contributed by atoms with E-state index in [0.717, 1.165) is 30.5 Å². The molecule has 0 saturated heterocycles. The van der Waals surface area contributed by atoms with Gasteiger partial charge in [0.2, 0.25) is 0 Å². The fourth-order valence-electron chi connectivity index (χ4n) is 2.73. The van der Waals surface area contributed by atoms with Crippen LogP contribution in [-0.2, 0) is 12.8 Å². The number of aromatic nitrogens is 1. The topological polar surface area (TPSA) is 48.7 Å². The van der Waals surface area contributed by atoms with Crippen LogP contribution in [0.25, 0.3) is 0 Å². The van der Waals surface area contributed by atoms with E-state index in [0.29, 0.717) is 16.4 Å². The number of pyridine rings is 1. The normalized spacial score (nSPS) is 14.3. The van der Waals surface area contributed by atoms with E-state index >= 15 is 0 Å². The fraction of sp³-hybridized carbons (Fsp3) is 0.294. The first kappa shape index (κ1) is 13.9. The van der Waals surface area contributed by atoms with Crippen molar-refractivity contribution in [1.29, 1.82) is 5.26 Å². The monoisotopic (exact) mass is 297 g/mol. The predicted molar refractivity (Wildman–Crippen MR) is 84.5 cm³/mol. The second-order valence-corrected chi connectivity index (χ2v) is 5.81. The minimum absolute atomic E-state index is 0.0442. The van der Waals surface area contributed by atoms with Crippen LogP contribution < -0.4 is 5.32 Å². The van der Waals surface area contributed by atoms with Crippen molar-refractivity contribution < 1.29 is 0 Å². The summed E-state index contributed by atoms with van der Waals surface area (Å²) in [6.07, 6.45) is 3.16. The van der Waals surface area contributed by atoms with E-state index in [9.17, 15) is 5.26 Å². The molecule has 0 aliphatic heterocycles. The van der Waals surface area contributed by atoms with Gasteiger partial charge in [-0.3, -0.25) is 0 Å². The maximum Gasteiger partial charge on any atom is 0.144 e. The molecule has 21 heavy (non-hydrogen) atoms. The highest BCUT2D eigenvalue weighted by Crippen LogP contribution is 2.27. The number of benzene rings is 1. The number of hydrogen-bond donors (Lipinski definition) is 1. The Kier molecular flexibility index (Phi) is 3.81. The molecule has 1 aromatic carbocycles. The van der Waals surface area contributed by atoms with E-state index < -0.39 is 0 Å². The lowest BCUT2D eigenvalue weighted by molar-refractivity contribution is 0.864. The zero-order valence-corrected chi connectivity index (χ0v) is 12.6. The summed E-state index contributed by atoms with van der Waals surface area (Å²) < 4.78 is 0. The average molecular weight is 298 g/mol. The predicted octanol–water partition coefficient (Wildman–Crippen LogP) is 4.27. The lowest BCUT2D eigenvalue weighted by atomic mass is 10.1. The van der Waals surface area contributed by atoms with Gasteiger partial charge in [0.25, 0.3) is 0 Å². The Morgan fingerprint density at radius 3 is 2.95 bits per heavy atom. The first-order valence-corrected chi connectivity index (χ1v) is 7.50. The molecule has 1 aromatic heterocycles. The minimum atomic E-state index is 0.0442. The standard InChI is InChI=1S/C17H16ClN3/c1-11(12-4-2-6-15(18)9-12)20-17-14(10-19)8-13-5-3-7-16(13)21-17/h2,4,6,8-9,11H,3,5,7H2,1H3,(H,20,21). The Labute approximate surface area is 129 Å². The third kappa shape index (κ3) is 2.86. The zero-order valence-electron chi connectivity index (χ0n) is 11.9. The molecule has 0 fully saturated rings. The Morgan fingerprint density at radius 1 is 1.33 bits per heavy atom. The van der Waals surface area contributed by atoms with Crippen LogP contribution in [-0.4, -0.2) is 4.98 Å². The second-order valence-electron chi connectivity index (χ2n) is 5.38. The molecule has 3 nitrogen and oxygen atoms in total. The Hall–Kier alpha value is -2.05. The van der Waals surface area contributed by atoms with Crippen LogP contribution in [0, 0.1) is 11.3 Å². The minimum Gasteiger partial charge on any atom is -0.362 e. The van der Waals surface area contributed by atoms with Gasteiger partial charge in [-0.1, -0.05) is 23.7 Å². The van der Waals surface area contributed by atoms with Crippen molar-refractivity contribution >= 4 is 17.4 Å². The van der Waals surface area contributed by atoms with Crippen molar-refractivity contribution in [3.05, 3.63) is 57.7 Å². The molecule has 2 aromatic rings. The SMILES string of the molecule is CC(Nc1nc2c(cc1C#N)CCC2)c1cccc(Cl)c1. The molecule has 1 atom stereocenters. The number of halogens is 1. The van der Waals surface area contributed by atoms with E-state index in [4.69, 9.17) is 11.6 Å². The first-order valence-electron chi connectivity index (χ1n) is 7.12. The molecule has 1 heterocycles. The molecular formula is C17H16ClN3. The molecule has 0 saturated carbocycles. The first-order chi connectivity index (χ1) is 10.2. The van der Waals surface area contributed by atoms with Crippen LogP contribution >= 0.6 is 11.6 Å². The highest BCUT2D eigenvalue weighted by Gasteiger charge is 2.17.